The van der Waals surface area contributed by atoms with E-state index in [0.29, 0.717) is 6.42 Å². The molecule has 1 N–H and O–H groups in total. The summed E-state index contributed by atoms with van der Waals surface area (Å²) in [7, 11) is 0. The van der Waals surface area contributed by atoms with Crippen molar-refractivity contribution in [1.82, 2.24) is 4.98 Å². The van der Waals surface area contributed by atoms with Crippen LogP contribution < -0.4 is 5.32 Å². The number of ketones is 1. The van der Waals surface area contributed by atoms with E-state index in [1.54, 1.807) is 0 Å². The van der Waals surface area contributed by atoms with Crippen molar-refractivity contribution in [3.05, 3.63) is 64.8 Å². The van der Waals surface area contributed by atoms with E-state index in [9.17, 15) is 4.79 Å². The van der Waals surface area contributed by atoms with Crippen LogP contribution in [0.4, 0.5) is 11.5 Å². The zero-order valence-corrected chi connectivity index (χ0v) is 15.9. The van der Waals surface area contributed by atoms with Crippen molar-refractivity contribution in [1.29, 1.82) is 0 Å². The molecular weight excluding hydrogens is 332 g/mol. The highest BCUT2D eigenvalue weighted by Gasteiger charge is 2.36. The van der Waals surface area contributed by atoms with Gasteiger partial charge in [0.25, 0.3) is 0 Å². The molecule has 1 heterocycles. The second kappa shape index (κ2) is 5.91. The van der Waals surface area contributed by atoms with E-state index >= 15 is 0 Å². The molecule has 0 spiro atoms. The van der Waals surface area contributed by atoms with Crippen LogP contribution >= 0.6 is 0 Å². The van der Waals surface area contributed by atoms with Crippen LogP contribution in [0.3, 0.4) is 0 Å². The fourth-order valence-electron chi connectivity index (χ4n) is 4.77. The fraction of sp³-hybridized carbons (Fsp3) is 0.333. The Morgan fingerprint density at radius 1 is 0.963 bits per heavy atom. The predicted octanol–water partition coefficient (Wildman–Crippen LogP) is 5.62. The molecule has 0 saturated heterocycles. The fourth-order valence-corrected chi connectivity index (χ4v) is 4.77. The van der Waals surface area contributed by atoms with Gasteiger partial charge in [0.15, 0.2) is 5.78 Å². The second-order valence-corrected chi connectivity index (χ2v) is 8.69. The predicted molar refractivity (Wildman–Crippen MR) is 110 cm³/mol. The zero-order valence-electron chi connectivity index (χ0n) is 15.9. The molecule has 0 amide bonds. The summed E-state index contributed by atoms with van der Waals surface area (Å²) < 4.78 is 0. The smallest absolute Gasteiger partial charge is 0.165 e. The van der Waals surface area contributed by atoms with Crippen molar-refractivity contribution in [2.45, 2.75) is 46.0 Å². The number of aromatic nitrogens is 1. The van der Waals surface area contributed by atoms with Gasteiger partial charge in [-0.3, -0.25) is 4.79 Å². The number of hydrogen-bond acceptors (Lipinski definition) is 3. The molecule has 2 aromatic carbocycles. The van der Waals surface area contributed by atoms with Gasteiger partial charge in [-0.05, 0) is 53.7 Å². The van der Waals surface area contributed by atoms with Crippen molar-refractivity contribution in [2.24, 2.45) is 5.41 Å². The number of Topliss-reactive ketones (excluding diaryl/α,β-unsaturated/α-hetero) is 1. The minimum Gasteiger partial charge on any atom is -0.339 e. The number of nitrogens with one attached hydrogen (secondary N) is 1. The third-order valence-corrected chi connectivity index (χ3v) is 5.95. The van der Waals surface area contributed by atoms with Crippen LogP contribution in [0.25, 0.3) is 10.8 Å². The Hall–Kier alpha value is -2.68. The monoisotopic (exact) mass is 356 g/mol. The van der Waals surface area contributed by atoms with Crippen LogP contribution in [-0.4, -0.2) is 10.8 Å². The summed E-state index contributed by atoms with van der Waals surface area (Å²) in [6.07, 6.45) is 4.60. The van der Waals surface area contributed by atoms with Gasteiger partial charge in [-0.1, -0.05) is 50.2 Å². The van der Waals surface area contributed by atoms with Gasteiger partial charge >= 0.3 is 0 Å². The van der Waals surface area contributed by atoms with Crippen molar-refractivity contribution >= 4 is 28.1 Å². The Kier molecular flexibility index (Phi) is 3.61. The number of rotatable bonds is 2. The van der Waals surface area contributed by atoms with Crippen LogP contribution in [-0.2, 0) is 19.3 Å². The van der Waals surface area contributed by atoms with Gasteiger partial charge < -0.3 is 5.32 Å². The first kappa shape index (κ1) is 16.5. The maximum atomic E-state index is 12.8. The third kappa shape index (κ3) is 2.73. The standard InChI is InChI=1S/C24H24N2O/c1-24(2)13-20-22(21(27)14-24)17-10-6-11-18(17)23(26-20)25-19-12-5-8-15-7-3-4-9-16(15)19/h3-5,7-9,12H,6,10-11,13-14H2,1-2H3,(H,25,26). The van der Waals surface area contributed by atoms with Crippen molar-refractivity contribution < 1.29 is 4.79 Å². The first-order valence-corrected chi connectivity index (χ1v) is 9.84. The Labute approximate surface area is 159 Å². The number of anilines is 2. The molecule has 0 atom stereocenters. The van der Waals surface area contributed by atoms with Crippen molar-refractivity contribution in [3.8, 4) is 0 Å². The second-order valence-electron chi connectivity index (χ2n) is 8.69. The summed E-state index contributed by atoms with van der Waals surface area (Å²) in [4.78, 5) is 17.8. The Morgan fingerprint density at radius 3 is 2.63 bits per heavy atom. The summed E-state index contributed by atoms with van der Waals surface area (Å²) in [5.74, 6) is 1.23. The first-order valence-electron chi connectivity index (χ1n) is 9.84. The number of fused-ring (bicyclic) bond motifs is 4. The summed E-state index contributed by atoms with van der Waals surface area (Å²) in [6, 6.07) is 14.7. The number of carbonyl (C=O) groups excluding carboxylic acids is 1. The molecule has 136 valence electrons. The zero-order chi connectivity index (χ0) is 18.6. The molecule has 3 nitrogen and oxygen atoms in total. The number of pyridine rings is 1. The highest BCUT2D eigenvalue weighted by molar-refractivity contribution is 6.01. The molecule has 2 aliphatic carbocycles. The van der Waals surface area contributed by atoms with Gasteiger partial charge in [0, 0.05) is 23.1 Å². The summed E-state index contributed by atoms with van der Waals surface area (Å²) >= 11 is 0. The molecule has 0 unspecified atom stereocenters. The molecule has 0 bridgehead atoms. The Balaban J connectivity index is 1.65. The molecule has 27 heavy (non-hydrogen) atoms. The van der Waals surface area contributed by atoms with Gasteiger partial charge in [-0.2, -0.15) is 0 Å². The van der Waals surface area contributed by atoms with E-state index in [1.807, 2.05) is 0 Å². The van der Waals surface area contributed by atoms with E-state index in [0.717, 1.165) is 48.4 Å². The third-order valence-electron chi connectivity index (χ3n) is 5.95. The van der Waals surface area contributed by atoms with Crippen LogP contribution in [0.5, 0.6) is 0 Å². The minimum atomic E-state index is -0.0133. The lowest BCUT2D eigenvalue weighted by atomic mass is 9.74. The quantitative estimate of drug-likeness (QED) is 0.648. The molecule has 1 aromatic heterocycles. The molecular formula is C24H24N2O. The van der Waals surface area contributed by atoms with Gasteiger partial charge in [-0.15, -0.1) is 0 Å². The van der Waals surface area contributed by atoms with Crippen LogP contribution in [0, 0.1) is 5.41 Å². The van der Waals surface area contributed by atoms with E-state index < -0.39 is 0 Å². The highest BCUT2D eigenvalue weighted by atomic mass is 16.1. The van der Waals surface area contributed by atoms with Gasteiger partial charge in [0.05, 0.1) is 5.69 Å². The molecule has 3 aromatic rings. The Bertz CT molecular complexity index is 1080. The van der Waals surface area contributed by atoms with Crippen LogP contribution in [0.1, 0.15) is 53.9 Å². The SMILES string of the molecule is CC1(C)CC(=O)c2c(nc(Nc3cccc4ccccc34)c3c2CCC3)C1. The molecule has 3 heteroatoms. The average molecular weight is 356 g/mol. The summed E-state index contributed by atoms with van der Waals surface area (Å²) in [5, 5.41) is 6.03. The summed E-state index contributed by atoms with van der Waals surface area (Å²) in [6.45, 7) is 4.33. The lowest BCUT2D eigenvalue weighted by Gasteiger charge is -2.31. The molecule has 5 rings (SSSR count). The molecule has 0 aliphatic heterocycles. The lowest BCUT2D eigenvalue weighted by Crippen LogP contribution is -2.29. The van der Waals surface area contributed by atoms with Gasteiger partial charge in [0.1, 0.15) is 5.82 Å². The van der Waals surface area contributed by atoms with E-state index in [4.69, 9.17) is 4.98 Å². The van der Waals surface area contributed by atoms with Gasteiger partial charge in [-0.25, -0.2) is 4.98 Å². The largest absolute Gasteiger partial charge is 0.339 e. The summed E-state index contributed by atoms with van der Waals surface area (Å²) in [5.41, 5.74) is 5.49. The topological polar surface area (TPSA) is 42.0 Å². The molecule has 2 aliphatic rings. The normalized spacial score (nSPS) is 17.6. The molecule has 0 saturated carbocycles. The number of carbonyl (C=O) groups is 1. The highest BCUT2D eigenvalue weighted by Crippen LogP contribution is 2.41. The number of benzene rings is 2. The van der Waals surface area contributed by atoms with Crippen molar-refractivity contribution in [3.63, 3.8) is 0 Å². The maximum absolute atomic E-state index is 12.8. The van der Waals surface area contributed by atoms with Crippen LogP contribution in [0.15, 0.2) is 42.5 Å². The first-order chi connectivity index (χ1) is 13.0. The van der Waals surface area contributed by atoms with Gasteiger partial charge in [0.2, 0.25) is 0 Å². The molecule has 0 radical (unpaired) electrons. The van der Waals surface area contributed by atoms with E-state index in [-0.39, 0.29) is 11.2 Å². The number of nitrogens with zero attached hydrogens (tertiary/aromatic N) is 1. The Morgan fingerprint density at radius 2 is 1.74 bits per heavy atom. The lowest BCUT2D eigenvalue weighted by molar-refractivity contribution is 0.0909. The van der Waals surface area contributed by atoms with Crippen molar-refractivity contribution in [2.75, 3.05) is 5.32 Å². The van der Waals surface area contributed by atoms with E-state index in [1.165, 1.54) is 21.9 Å². The van der Waals surface area contributed by atoms with E-state index in [2.05, 4.69) is 61.6 Å². The average Bonchev–Trinajstić information content (AvgIpc) is 3.10. The molecule has 0 fully saturated rings. The van der Waals surface area contributed by atoms with Crippen LogP contribution in [0.2, 0.25) is 0 Å². The maximum Gasteiger partial charge on any atom is 0.165 e. The minimum absolute atomic E-state index is 0.0133. The number of hydrogen-bond donors (Lipinski definition) is 1.